The minimum atomic E-state index is -3.10. The molecule has 0 saturated carbocycles. The van der Waals surface area contributed by atoms with Gasteiger partial charge >= 0.3 is 0 Å². The van der Waals surface area contributed by atoms with E-state index in [4.69, 9.17) is 11.6 Å². The average Bonchev–Trinajstić information content (AvgIpc) is 2.72. The van der Waals surface area contributed by atoms with Crippen LogP contribution in [0.4, 0.5) is 0 Å². The molecule has 0 amide bonds. The molecular formula is C11H14ClN3O2S. The molecule has 1 unspecified atom stereocenters. The minimum absolute atomic E-state index is 0.0808. The van der Waals surface area contributed by atoms with Gasteiger partial charge in [-0.25, -0.2) is 8.42 Å². The van der Waals surface area contributed by atoms with Gasteiger partial charge in [0.15, 0.2) is 9.84 Å². The lowest BCUT2D eigenvalue weighted by atomic mass is 9.83. The van der Waals surface area contributed by atoms with Crippen molar-refractivity contribution in [1.29, 1.82) is 5.26 Å². The summed E-state index contributed by atoms with van der Waals surface area (Å²) in [5, 5.41) is 14.0. The van der Waals surface area contributed by atoms with Crippen molar-refractivity contribution < 1.29 is 8.42 Å². The number of nitriles is 1. The van der Waals surface area contributed by atoms with E-state index < -0.39 is 15.3 Å². The Bertz CT molecular complexity index is 629. The Labute approximate surface area is 111 Å². The van der Waals surface area contributed by atoms with Crippen LogP contribution in [0.25, 0.3) is 0 Å². The first-order valence-electron chi connectivity index (χ1n) is 5.58. The number of hydrogen-bond donors (Lipinski definition) is 0. The lowest BCUT2D eigenvalue weighted by Gasteiger charge is -2.18. The lowest BCUT2D eigenvalue weighted by molar-refractivity contribution is 0.450. The maximum absolute atomic E-state index is 11.6. The van der Waals surface area contributed by atoms with Crippen LogP contribution in [-0.4, -0.2) is 29.7 Å². The van der Waals surface area contributed by atoms with Crippen molar-refractivity contribution in [3.05, 3.63) is 16.4 Å². The number of sulfone groups is 1. The molecule has 1 saturated heterocycles. The van der Waals surface area contributed by atoms with Crippen LogP contribution >= 0.6 is 11.6 Å². The van der Waals surface area contributed by atoms with Crippen LogP contribution in [0.3, 0.4) is 0 Å². The van der Waals surface area contributed by atoms with Crippen LogP contribution in [0.15, 0.2) is 0 Å². The van der Waals surface area contributed by atoms with E-state index in [9.17, 15) is 13.7 Å². The third kappa shape index (κ3) is 2.25. The quantitative estimate of drug-likeness (QED) is 0.820. The molecule has 1 aliphatic heterocycles. The predicted octanol–water partition coefficient (Wildman–Crippen LogP) is 1.25. The molecule has 0 bridgehead atoms. The Hall–Kier alpha value is -1.06. The van der Waals surface area contributed by atoms with Crippen LogP contribution in [0.2, 0.25) is 5.15 Å². The zero-order chi connectivity index (χ0) is 13.6. The van der Waals surface area contributed by atoms with Crippen LogP contribution in [0, 0.1) is 23.7 Å². The number of rotatable bonds is 2. The summed E-state index contributed by atoms with van der Waals surface area (Å²) >= 11 is 6.12. The second kappa shape index (κ2) is 4.25. The van der Waals surface area contributed by atoms with Gasteiger partial charge in [0.1, 0.15) is 5.15 Å². The third-order valence-corrected chi connectivity index (χ3v) is 5.70. The average molecular weight is 288 g/mol. The van der Waals surface area contributed by atoms with Gasteiger partial charge in [-0.2, -0.15) is 10.4 Å². The van der Waals surface area contributed by atoms with Gasteiger partial charge in [-0.3, -0.25) is 4.68 Å². The molecule has 1 aliphatic rings. The maximum atomic E-state index is 11.6. The van der Waals surface area contributed by atoms with Gasteiger partial charge in [0.2, 0.25) is 0 Å². The maximum Gasteiger partial charge on any atom is 0.151 e. The van der Waals surface area contributed by atoms with E-state index in [1.807, 2.05) is 6.92 Å². The van der Waals surface area contributed by atoms with E-state index in [1.54, 1.807) is 11.7 Å². The number of halogens is 1. The summed E-state index contributed by atoms with van der Waals surface area (Å²) in [4.78, 5) is 0. The van der Waals surface area contributed by atoms with Crippen molar-refractivity contribution in [3.63, 3.8) is 0 Å². The minimum Gasteiger partial charge on any atom is -0.257 e. The van der Waals surface area contributed by atoms with Gasteiger partial charge in [0.25, 0.3) is 0 Å². The van der Waals surface area contributed by atoms with Crippen molar-refractivity contribution in [2.45, 2.75) is 19.8 Å². The van der Waals surface area contributed by atoms with Crippen molar-refractivity contribution in [1.82, 2.24) is 9.78 Å². The molecule has 2 rings (SSSR count). The Morgan fingerprint density at radius 2 is 2.28 bits per heavy atom. The molecule has 0 spiro atoms. The van der Waals surface area contributed by atoms with E-state index in [1.165, 1.54) is 0 Å². The smallest absolute Gasteiger partial charge is 0.151 e. The van der Waals surface area contributed by atoms with E-state index in [0.29, 0.717) is 18.0 Å². The summed E-state index contributed by atoms with van der Waals surface area (Å²) in [6, 6.07) is 2.17. The highest BCUT2D eigenvalue weighted by Crippen LogP contribution is 2.37. The zero-order valence-corrected chi connectivity index (χ0v) is 11.8. The Balaban J connectivity index is 2.36. The zero-order valence-electron chi connectivity index (χ0n) is 10.3. The number of aryl methyl sites for hydroxylation is 2. The molecule has 0 N–H and O–H groups in total. The molecule has 1 fully saturated rings. The number of hydrogen-bond acceptors (Lipinski definition) is 4. The molecule has 18 heavy (non-hydrogen) atoms. The fraction of sp³-hybridized carbons (Fsp3) is 0.636. The van der Waals surface area contributed by atoms with Gasteiger partial charge < -0.3 is 0 Å². The number of nitrogens with zero attached hydrogens (tertiary/aromatic N) is 3. The number of aromatic nitrogens is 2. The summed E-state index contributed by atoms with van der Waals surface area (Å²) in [6.45, 7) is 1.82. The van der Waals surface area contributed by atoms with Crippen molar-refractivity contribution in [2.24, 2.45) is 12.5 Å². The van der Waals surface area contributed by atoms with Crippen LogP contribution in [0.5, 0.6) is 0 Å². The van der Waals surface area contributed by atoms with Gasteiger partial charge in [0.05, 0.1) is 28.7 Å². The Kier molecular flexibility index (Phi) is 3.16. The monoisotopic (exact) mass is 287 g/mol. The second-order valence-corrected chi connectivity index (χ2v) is 7.43. The van der Waals surface area contributed by atoms with Gasteiger partial charge in [-0.15, -0.1) is 0 Å². The highest BCUT2D eigenvalue weighted by Gasteiger charge is 2.43. The first kappa shape index (κ1) is 13.4. The van der Waals surface area contributed by atoms with Crippen LogP contribution < -0.4 is 0 Å². The summed E-state index contributed by atoms with van der Waals surface area (Å²) in [5.41, 5.74) is 0.676. The molecule has 1 aromatic heterocycles. The van der Waals surface area contributed by atoms with E-state index in [2.05, 4.69) is 11.2 Å². The van der Waals surface area contributed by atoms with E-state index in [-0.39, 0.29) is 11.5 Å². The topological polar surface area (TPSA) is 75.8 Å². The molecule has 2 heterocycles. The summed E-state index contributed by atoms with van der Waals surface area (Å²) in [6.07, 6.45) is 0.720. The molecule has 0 aromatic carbocycles. The van der Waals surface area contributed by atoms with Crippen molar-refractivity contribution >= 4 is 21.4 Å². The third-order valence-electron chi connectivity index (χ3n) is 3.41. The molecule has 1 atom stereocenters. The molecule has 0 radical (unpaired) electrons. The summed E-state index contributed by atoms with van der Waals surface area (Å²) < 4.78 is 24.7. The highest BCUT2D eigenvalue weighted by molar-refractivity contribution is 7.91. The predicted molar refractivity (Wildman–Crippen MR) is 68.0 cm³/mol. The molecule has 0 aliphatic carbocycles. The molecule has 7 heteroatoms. The standard InChI is InChI=1S/C11H14ClN3O2S/c1-8-9(10(12)15(2)14-8)5-11(6-13)3-4-18(16,17)7-11/h3-5,7H2,1-2H3. The van der Waals surface area contributed by atoms with Crippen LogP contribution in [-0.2, 0) is 23.3 Å². The molecular weight excluding hydrogens is 274 g/mol. The van der Waals surface area contributed by atoms with Gasteiger partial charge in [0, 0.05) is 12.6 Å². The van der Waals surface area contributed by atoms with Crippen molar-refractivity contribution in [3.8, 4) is 6.07 Å². The Morgan fingerprint density at radius 3 is 2.67 bits per heavy atom. The second-order valence-electron chi connectivity index (χ2n) is 4.89. The largest absolute Gasteiger partial charge is 0.257 e. The van der Waals surface area contributed by atoms with E-state index in [0.717, 1.165) is 11.3 Å². The first-order chi connectivity index (χ1) is 8.29. The van der Waals surface area contributed by atoms with Crippen molar-refractivity contribution in [2.75, 3.05) is 11.5 Å². The Morgan fingerprint density at radius 1 is 1.61 bits per heavy atom. The lowest BCUT2D eigenvalue weighted by Crippen LogP contribution is -2.23. The summed E-state index contributed by atoms with van der Waals surface area (Å²) in [7, 11) is -1.37. The molecule has 5 nitrogen and oxygen atoms in total. The van der Waals surface area contributed by atoms with E-state index >= 15 is 0 Å². The van der Waals surface area contributed by atoms with Gasteiger partial charge in [-0.1, -0.05) is 11.6 Å². The highest BCUT2D eigenvalue weighted by atomic mass is 35.5. The molecule has 98 valence electrons. The SMILES string of the molecule is Cc1nn(C)c(Cl)c1CC1(C#N)CCS(=O)(=O)C1. The van der Waals surface area contributed by atoms with Crippen LogP contribution in [0.1, 0.15) is 17.7 Å². The summed E-state index contributed by atoms with van der Waals surface area (Å²) in [5.74, 6) is -0.00134. The first-order valence-corrected chi connectivity index (χ1v) is 7.78. The fourth-order valence-electron chi connectivity index (χ4n) is 2.40. The van der Waals surface area contributed by atoms with Gasteiger partial charge in [-0.05, 0) is 19.8 Å². The normalized spacial score (nSPS) is 26.1. The fourth-order valence-corrected chi connectivity index (χ4v) is 4.64. The molecule has 1 aromatic rings.